The van der Waals surface area contributed by atoms with Crippen molar-refractivity contribution in [3.63, 3.8) is 0 Å². The summed E-state index contributed by atoms with van der Waals surface area (Å²) in [4.78, 5) is 21.6. The molecule has 0 aromatic carbocycles. The molecule has 3 saturated heterocycles. The lowest BCUT2D eigenvalue weighted by Crippen LogP contribution is -2.62. The fourth-order valence-electron chi connectivity index (χ4n) is 8.15. The molecule has 3 aromatic rings. The highest BCUT2D eigenvalue weighted by Crippen LogP contribution is 2.49. The second-order valence-corrected chi connectivity index (χ2v) is 14.0. The van der Waals surface area contributed by atoms with Gasteiger partial charge in [-0.2, -0.15) is 23.1 Å². The van der Waals surface area contributed by atoms with Crippen molar-refractivity contribution in [1.29, 1.82) is 0 Å². The number of aryl methyl sites for hydroxylation is 1. The Morgan fingerprint density at radius 1 is 1.12 bits per heavy atom. The summed E-state index contributed by atoms with van der Waals surface area (Å²) in [6, 6.07) is 0.876. The molecule has 0 spiro atoms. The molecule has 0 radical (unpaired) electrons. The molecule has 4 fully saturated rings. The van der Waals surface area contributed by atoms with Crippen LogP contribution in [0.4, 0.5) is 33.6 Å². The van der Waals surface area contributed by atoms with E-state index in [1.807, 2.05) is 11.8 Å². The van der Waals surface area contributed by atoms with E-state index in [1.54, 1.807) is 0 Å². The normalized spacial score (nSPS) is 29.1. The number of likely N-dealkylation sites (tertiary alicyclic amines) is 1. The number of halogens is 5. The van der Waals surface area contributed by atoms with Crippen molar-refractivity contribution >= 4 is 22.5 Å². The van der Waals surface area contributed by atoms with E-state index in [2.05, 4.69) is 25.2 Å². The largest absolute Gasteiger partial charge is 0.472 e. The first-order chi connectivity index (χ1) is 22.8. The smallest absolute Gasteiger partial charge is 0.418 e. The van der Waals surface area contributed by atoms with Crippen LogP contribution in [0.25, 0.3) is 22.2 Å². The quantitative estimate of drug-likeness (QED) is 0.353. The Kier molecular flexibility index (Phi) is 7.38. The third-order valence-corrected chi connectivity index (χ3v) is 10.6. The van der Waals surface area contributed by atoms with Crippen LogP contribution in [0.15, 0.2) is 6.07 Å². The molecule has 1 saturated carbocycles. The first-order valence-electron chi connectivity index (χ1n) is 16.3. The molecular weight excluding hydrogens is 639 g/mol. The lowest BCUT2D eigenvalue weighted by atomic mass is 9.99. The van der Waals surface area contributed by atoms with E-state index in [0.29, 0.717) is 25.5 Å². The number of ether oxygens (including phenoxy) is 3. The number of piperazine rings is 1. The predicted molar refractivity (Wildman–Crippen MR) is 165 cm³/mol. The lowest BCUT2D eigenvalue weighted by molar-refractivity contribution is -0.137. The number of rotatable bonds is 7. The van der Waals surface area contributed by atoms with Crippen LogP contribution in [0, 0.1) is 18.2 Å². The number of methoxy groups -OCH3 is 1. The maximum absolute atomic E-state index is 16.8. The van der Waals surface area contributed by atoms with Crippen molar-refractivity contribution < 1.29 is 36.2 Å². The lowest BCUT2D eigenvalue weighted by Gasteiger charge is -2.42. The van der Waals surface area contributed by atoms with E-state index < -0.39 is 52.9 Å². The monoisotopic (exact) mass is 676 g/mol. The second-order valence-electron chi connectivity index (χ2n) is 14.0. The molecule has 7 heterocycles. The van der Waals surface area contributed by atoms with Crippen molar-refractivity contribution in [1.82, 2.24) is 30.2 Å². The van der Waals surface area contributed by atoms with Crippen molar-refractivity contribution in [2.24, 2.45) is 5.41 Å². The summed E-state index contributed by atoms with van der Waals surface area (Å²) in [5, 5.41) is 3.80. The van der Waals surface area contributed by atoms with E-state index >= 15 is 4.39 Å². The van der Waals surface area contributed by atoms with Crippen LogP contribution in [0.1, 0.15) is 43.9 Å². The Morgan fingerprint density at radius 3 is 2.62 bits per heavy atom. The van der Waals surface area contributed by atoms with Crippen LogP contribution < -0.4 is 25.4 Å². The van der Waals surface area contributed by atoms with Crippen LogP contribution in [0.2, 0.25) is 0 Å². The SMILES string of the molecule is CO[C@H]1CN(CC2(COc3nc4c5c(nc(-c6cc(N)nc(C)c6C(F)(F)F)c(F)c5n3)O[C@@H](C)[C@@H]3[C@@H]5CC[C@H](CN43)N5)CC2)C[C@@H]1F. The first-order valence-corrected chi connectivity index (χ1v) is 16.3. The van der Waals surface area contributed by atoms with E-state index in [4.69, 9.17) is 24.9 Å². The summed E-state index contributed by atoms with van der Waals surface area (Å²) in [6.45, 7) is 5.14. The molecule has 2 bridgehead atoms. The molecular formula is C32H37F5N8O3. The Morgan fingerprint density at radius 2 is 1.92 bits per heavy atom. The standard InChI is InChI=1S/C32H37F5N8O3/c1-14-23(32(35,36)37)17(8-21(38)39-14)25-24(34)26-22-28(45-9-16-4-5-19(40-16)27(45)15(2)48-29(22)41-25)43-30(42-26)47-13-31(6-7-31)12-44-10-18(33)20(11-44)46-3/h8,15-16,18-20,27,40H,4-7,9-13H2,1-3H3,(H2,38,39)/t15-,16+,18-,19-,20-,27+/m0/s1. The first kappa shape index (κ1) is 31.6. The van der Waals surface area contributed by atoms with Gasteiger partial charge in [0.1, 0.15) is 46.6 Å². The fraction of sp³-hybridized carbons (Fsp3) is 0.625. The molecule has 258 valence electrons. The number of hydrogen-bond acceptors (Lipinski definition) is 11. The molecule has 3 N–H and O–H groups in total. The summed E-state index contributed by atoms with van der Waals surface area (Å²) < 4.78 is 92.2. The second kappa shape index (κ2) is 11.2. The molecule has 0 amide bonds. The van der Waals surface area contributed by atoms with Gasteiger partial charge in [-0.3, -0.25) is 4.90 Å². The van der Waals surface area contributed by atoms with Crippen LogP contribution >= 0.6 is 0 Å². The topological polar surface area (TPSA) is 124 Å². The number of nitrogen functional groups attached to an aromatic ring is 1. The number of nitrogens with zero attached hydrogens (tertiary/aromatic N) is 6. The summed E-state index contributed by atoms with van der Waals surface area (Å²) in [5.41, 5.74) is 2.63. The van der Waals surface area contributed by atoms with Gasteiger partial charge in [-0.05, 0) is 45.6 Å². The molecule has 8 rings (SSSR count). The highest BCUT2D eigenvalue weighted by Gasteiger charge is 2.49. The Bertz CT molecular complexity index is 1770. The van der Waals surface area contributed by atoms with E-state index in [1.165, 1.54) is 14.0 Å². The van der Waals surface area contributed by atoms with Gasteiger partial charge in [0.15, 0.2) is 5.82 Å². The van der Waals surface area contributed by atoms with Gasteiger partial charge >= 0.3 is 12.2 Å². The Labute approximate surface area is 273 Å². The van der Waals surface area contributed by atoms with E-state index in [-0.39, 0.29) is 65.3 Å². The van der Waals surface area contributed by atoms with Crippen molar-refractivity contribution in [3.05, 3.63) is 23.1 Å². The number of aromatic nitrogens is 4. The van der Waals surface area contributed by atoms with Crippen molar-refractivity contribution in [2.45, 2.75) is 82.2 Å². The molecule has 16 heteroatoms. The van der Waals surface area contributed by atoms with E-state index in [9.17, 15) is 17.6 Å². The number of anilines is 2. The third kappa shape index (κ3) is 5.26. The van der Waals surface area contributed by atoms with Crippen LogP contribution in [-0.4, -0.2) is 101 Å². The summed E-state index contributed by atoms with van der Waals surface area (Å²) in [6.07, 6.45) is -3.36. The van der Waals surface area contributed by atoms with Gasteiger partial charge in [0, 0.05) is 56.4 Å². The molecule has 4 aliphatic heterocycles. The number of nitrogens with two attached hydrogens (primary N) is 1. The molecule has 11 nitrogen and oxygen atoms in total. The van der Waals surface area contributed by atoms with E-state index in [0.717, 1.165) is 31.7 Å². The highest BCUT2D eigenvalue weighted by molar-refractivity contribution is 5.97. The van der Waals surface area contributed by atoms with Gasteiger partial charge in [0.2, 0.25) is 5.88 Å². The van der Waals surface area contributed by atoms with Gasteiger partial charge in [-0.1, -0.05) is 0 Å². The molecule has 0 unspecified atom stereocenters. The molecule has 48 heavy (non-hydrogen) atoms. The van der Waals surface area contributed by atoms with Gasteiger partial charge in [0.05, 0.1) is 23.9 Å². The average Bonchev–Trinajstić information content (AvgIpc) is 3.58. The fourth-order valence-corrected chi connectivity index (χ4v) is 8.15. The van der Waals surface area contributed by atoms with Gasteiger partial charge < -0.3 is 30.2 Å². The van der Waals surface area contributed by atoms with Gasteiger partial charge in [-0.15, -0.1) is 0 Å². The van der Waals surface area contributed by atoms with Crippen LogP contribution in [0.3, 0.4) is 0 Å². The maximum Gasteiger partial charge on any atom is 0.418 e. The number of nitrogens with one attached hydrogen (secondary N) is 1. The van der Waals surface area contributed by atoms with Crippen LogP contribution in [-0.2, 0) is 10.9 Å². The highest BCUT2D eigenvalue weighted by atomic mass is 19.4. The zero-order chi connectivity index (χ0) is 33.7. The van der Waals surface area contributed by atoms with Crippen LogP contribution in [0.5, 0.6) is 11.9 Å². The Balaban J connectivity index is 1.24. The number of alkyl halides is 4. The molecule has 6 atom stereocenters. The van der Waals surface area contributed by atoms with Gasteiger partial charge in [0.25, 0.3) is 0 Å². The molecule has 5 aliphatic rings. The average molecular weight is 677 g/mol. The minimum absolute atomic E-state index is 0.0525. The maximum atomic E-state index is 16.8. The molecule has 1 aliphatic carbocycles. The number of fused-ring (bicyclic) bond motifs is 5. The van der Waals surface area contributed by atoms with Crippen molar-refractivity contribution in [3.8, 4) is 23.1 Å². The minimum Gasteiger partial charge on any atom is -0.472 e. The zero-order valence-corrected chi connectivity index (χ0v) is 26.8. The number of hydrogen-bond donors (Lipinski definition) is 2. The summed E-state index contributed by atoms with van der Waals surface area (Å²) >= 11 is 0. The minimum atomic E-state index is -4.87. The molecule has 3 aromatic heterocycles. The summed E-state index contributed by atoms with van der Waals surface area (Å²) in [5.74, 6) is -0.997. The Hall–Kier alpha value is -3.63. The third-order valence-electron chi connectivity index (χ3n) is 10.6. The van der Waals surface area contributed by atoms with Crippen molar-refractivity contribution in [2.75, 3.05) is 50.5 Å². The zero-order valence-electron chi connectivity index (χ0n) is 26.8. The predicted octanol–water partition coefficient (Wildman–Crippen LogP) is 4.05. The summed E-state index contributed by atoms with van der Waals surface area (Å²) in [7, 11) is 1.50. The number of pyridine rings is 2. The van der Waals surface area contributed by atoms with Gasteiger partial charge in [-0.25, -0.2) is 18.7 Å².